The lowest BCUT2D eigenvalue weighted by Gasteiger charge is -2.34. The molecule has 0 atom stereocenters. The fourth-order valence-corrected chi connectivity index (χ4v) is 4.19. The minimum absolute atomic E-state index is 0.284. The molecule has 0 N–H and O–H groups in total. The summed E-state index contributed by atoms with van der Waals surface area (Å²) >= 11 is 0. The number of aromatic nitrogens is 5. The fourth-order valence-electron chi connectivity index (χ4n) is 4.19. The van der Waals surface area contributed by atoms with Gasteiger partial charge >= 0.3 is 0 Å². The fraction of sp³-hybridized carbons (Fsp3) is 0.391. The molecule has 0 radical (unpaired) electrons. The third-order valence-electron chi connectivity index (χ3n) is 5.95. The van der Waals surface area contributed by atoms with Gasteiger partial charge in [-0.05, 0) is 63.9 Å². The Morgan fingerprint density at radius 2 is 1.77 bits per heavy atom. The lowest BCUT2D eigenvalue weighted by molar-refractivity contribution is 0.0843. The van der Waals surface area contributed by atoms with E-state index in [4.69, 9.17) is 9.84 Å². The molecule has 4 heterocycles. The number of piperidine rings is 1. The normalized spacial score (nSPS) is 16.0. The molecule has 154 valence electrons. The second kappa shape index (κ2) is 7.65. The van der Waals surface area contributed by atoms with Gasteiger partial charge in [0, 0.05) is 47.9 Å². The molecule has 1 saturated heterocycles. The summed E-state index contributed by atoms with van der Waals surface area (Å²) in [5, 5.41) is 15.2. The highest BCUT2D eigenvalue weighted by Crippen LogP contribution is 2.30. The third kappa shape index (κ3) is 3.39. The van der Waals surface area contributed by atoms with Crippen molar-refractivity contribution in [2.75, 3.05) is 13.1 Å². The van der Waals surface area contributed by atoms with E-state index in [-0.39, 0.29) is 6.10 Å². The number of fused-ring (bicyclic) bond motifs is 3. The van der Waals surface area contributed by atoms with Crippen LogP contribution in [-0.2, 0) is 0 Å². The highest BCUT2D eigenvalue weighted by Gasteiger charge is 2.22. The van der Waals surface area contributed by atoms with Gasteiger partial charge in [-0.3, -0.25) is 4.98 Å². The molecule has 5 rings (SSSR count). The van der Waals surface area contributed by atoms with Crippen LogP contribution in [0.2, 0.25) is 0 Å². The van der Waals surface area contributed by atoms with Crippen molar-refractivity contribution >= 4 is 16.4 Å². The van der Waals surface area contributed by atoms with Crippen LogP contribution in [0.25, 0.3) is 27.7 Å². The Hall–Kier alpha value is -3.06. The number of pyridine rings is 1. The molecule has 3 aromatic heterocycles. The number of hydrogen-bond acceptors (Lipinski definition) is 6. The summed E-state index contributed by atoms with van der Waals surface area (Å²) in [6.45, 7) is 8.62. The molecule has 30 heavy (non-hydrogen) atoms. The molecule has 1 aliphatic rings. The lowest BCUT2D eigenvalue weighted by Crippen LogP contribution is -2.41. The highest BCUT2D eigenvalue weighted by molar-refractivity contribution is 6.00. The average molecular weight is 403 g/mol. The van der Waals surface area contributed by atoms with Gasteiger partial charge < -0.3 is 9.64 Å². The topological polar surface area (TPSA) is 68.4 Å². The smallest absolute Gasteiger partial charge is 0.187 e. The van der Waals surface area contributed by atoms with Gasteiger partial charge in [0.25, 0.3) is 0 Å². The van der Waals surface area contributed by atoms with Gasteiger partial charge in [-0.1, -0.05) is 0 Å². The quantitative estimate of drug-likeness (QED) is 0.516. The van der Waals surface area contributed by atoms with Crippen LogP contribution in [0.1, 0.15) is 32.5 Å². The van der Waals surface area contributed by atoms with E-state index < -0.39 is 0 Å². The molecular weight excluding hydrogens is 376 g/mol. The summed E-state index contributed by atoms with van der Waals surface area (Å²) in [5.41, 5.74) is 2.65. The van der Waals surface area contributed by atoms with E-state index in [9.17, 15) is 0 Å². The summed E-state index contributed by atoms with van der Waals surface area (Å²) < 4.78 is 8.04. The zero-order chi connectivity index (χ0) is 20.7. The van der Waals surface area contributed by atoms with Crippen molar-refractivity contribution < 1.29 is 4.74 Å². The van der Waals surface area contributed by atoms with Crippen molar-refractivity contribution in [2.45, 2.75) is 45.8 Å². The summed E-state index contributed by atoms with van der Waals surface area (Å²) in [4.78, 5) is 6.78. The average Bonchev–Trinajstić information content (AvgIpc) is 3.15. The van der Waals surface area contributed by atoms with Crippen molar-refractivity contribution in [1.82, 2.24) is 29.7 Å². The molecule has 0 amide bonds. The molecule has 1 aromatic carbocycles. The van der Waals surface area contributed by atoms with E-state index in [1.807, 2.05) is 31.3 Å². The van der Waals surface area contributed by atoms with Gasteiger partial charge in [0.2, 0.25) is 0 Å². The lowest BCUT2D eigenvalue weighted by atomic mass is 10.1. The largest absolute Gasteiger partial charge is 0.490 e. The van der Waals surface area contributed by atoms with E-state index in [1.165, 1.54) is 0 Å². The van der Waals surface area contributed by atoms with Crippen LogP contribution in [0.4, 0.5) is 0 Å². The Balaban J connectivity index is 1.42. The van der Waals surface area contributed by atoms with Crippen molar-refractivity contribution in [3.05, 3.63) is 48.5 Å². The zero-order valence-corrected chi connectivity index (χ0v) is 17.6. The van der Waals surface area contributed by atoms with Crippen molar-refractivity contribution in [3.8, 4) is 17.0 Å². The number of aryl methyl sites for hydroxylation is 1. The minimum Gasteiger partial charge on any atom is -0.490 e. The molecule has 0 unspecified atom stereocenters. The predicted octanol–water partition coefficient (Wildman–Crippen LogP) is 3.90. The van der Waals surface area contributed by atoms with Gasteiger partial charge in [0.15, 0.2) is 11.5 Å². The number of benzene rings is 1. The Bertz CT molecular complexity index is 1180. The molecule has 7 heteroatoms. The van der Waals surface area contributed by atoms with Gasteiger partial charge in [-0.15, -0.1) is 10.2 Å². The van der Waals surface area contributed by atoms with E-state index in [2.05, 4.69) is 46.1 Å². The van der Waals surface area contributed by atoms with Crippen molar-refractivity contribution in [1.29, 1.82) is 0 Å². The molecule has 7 nitrogen and oxygen atoms in total. The number of hydrogen-bond donors (Lipinski definition) is 0. The number of likely N-dealkylation sites (tertiary alicyclic amines) is 1. The maximum atomic E-state index is 6.26. The van der Waals surface area contributed by atoms with E-state index in [1.54, 1.807) is 10.7 Å². The van der Waals surface area contributed by atoms with Crippen LogP contribution < -0.4 is 4.74 Å². The van der Waals surface area contributed by atoms with Gasteiger partial charge in [0.1, 0.15) is 11.9 Å². The van der Waals surface area contributed by atoms with Crippen LogP contribution in [0.5, 0.6) is 5.75 Å². The van der Waals surface area contributed by atoms with Crippen LogP contribution in [0.15, 0.2) is 42.7 Å². The van der Waals surface area contributed by atoms with Gasteiger partial charge in [-0.2, -0.15) is 9.61 Å². The van der Waals surface area contributed by atoms with E-state index in [0.717, 1.165) is 65.2 Å². The summed E-state index contributed by atoms with van der Waals surface area (Å²) in [6, 6.07) is 10.8. The number of ether oxygens (including phenoxy) is 1. The summed E-state index contributed by atoms with van der Waals surface area (Å²) in [7, 11) is 0. The van der Waals surface area contributed by atoms with E-state index in [0.29, 0.717) is 6.04 Å². The first-order valence-corrected chi connectivity index (χ1v) is 10.6. The maximum Gasteiger partial charge on any atom is 0.187 e. The molecule has 1 aliphatic heterocycles. The first kappa shape index (κ1) is 18.9. The second-order valence-electron chi connectivity index (χ2n) is 8.22. The summed E-state index contributed by atoms with van der Waals surface area (Å²) in [5.74, 6) is 1.67. The van der Waals surface area contributed by atoms with Crippen LogP contribution in [0, 0.1) is 6.92 Å². The predicted molar refractivity (Wildman–Crippen MR) is 117 cm³/mol. The molecule has 0 aliphatic carbocycles. The second-order valence-corrected chi connectivity index (χ2v) is 8.22. The van der Waals surface area contributed by atoms with Crippen molar-refractivity contribution in [2.24, 2.45) is 0 Å². The number of nitrogens with zero attached hydrogens (tertiary/aromatic N) is 6. The van der Waals surface area contributed by atoms with Crippen LogP contribution >= 0.6 is 0 Å². The van der Waals surface area contributed by atoms with Gasteiger partial charge in [-0.25, -0.2) is 0 Å². The standard InChI is InChI=1S/C23H26N6O/c1-15(2)28-12-9-19(10-13-28)30-18-6-4-17(5-7-18)22-20-8-11-24-14-21(20)23-26-25-16(3)29(23)27-22/h4-8,11,14-15,19H,9-10,12-13H2,1-3H3. The van der Waals surface area contributed by atoms with Crippen LogP contribution in [-0.4, -0.2) is 54.9 Å². The first-order valence-electron chi connectivity index (χ1n) is 10.6. The first-order chi connectivity index (χ1) is 14.6. The zero-order valence-electron chi connectivity index (χ0n) is 17.6. The monoisotopic (exact) mass is 402 g/mol. The SMILES string of the molecule is Cc1nnc2c3cnccc3c(-c3ccc(OC4CCN(C(C)C)CC4)cc3)nn12. The highest BCUT2D eigenvalue weighted by atomic mass is 16.5. The Kier molecular flexibility index (Phi) is 4.83. The van der Waals surface area contributed by atoms with Crippen molar-refractivity contribution in [3.63, 3.8) is 0 Å². The van der Waals surface area contributed by atoms with Crippen LogP contribution in [0.3, 0.4) is 0 Å². The molecule has 0 bridgehead atoms. The van der Waals surface area contributed by atoms with Gasteiger partial charge in [0.05, 0.1) is 5.69 Å². The molecule has 4 aromatic rings. The Morgan fingerprint density at radius 1 is 1.00 bits per heavy atom. The molecular formula is C23H26N6O. The molecule has 1 fully saturated rings. The molecule has 0 spiro atoms. The molecule has 0 saturated carbocycles. The Morgan fingerprint density at radius 3 is 2.50 bits per heavy atom. The van der Waals surface area contributed by atoms with E-state index >= 15 is 0 Å². The number of rotatable bonds is 4. The maximum absolute atomic E-state index is 6.26. The minimum atomic E-state index is 0.284. The summed E-state index contributed by atoms with van der Waals surface area (Å²) in [6.07, 6.45) is 6.04. The Labute approximate surface area is 175 Å². The third-order valence-corrected chi connectivity index (χ3v) is 5.95.